The van der Waals surface area contributed by atoms with Gasteiger partial charge in [0.2, 0.25) is 0 Å². The Bertz CT molecular complexity index is 102. The number of hydrogen-bond donors (Lipinski definition) is 3. The number of nitrogens with two attached hydrogens (primary N) is 2. The minimum Gasteiger partial charge on any atom is -0.409 e. The van der Waals surface area contributed by atoms with E-state index < -0.39 is 5.54 Å². The highest BCUT2D eigenvalue weighted by atomic mass is 16.4. The van der Waals surface area contributed by atoms with Crippen LogP contribution in [0.1, 0.15) is 13.8 Å². The van der Waals surface area contributed by atoms with Crippen LogP contribution in [0.5, 0.6) is 0 Å². The molecule has 0 saturated carbocycles. The molecule has 0 aromatic rings. The largest absolute Gasteiger partial charge is 0.409 e. The Balaban J connectivity index is 4.03. The van der Waals surface area contributed by atoms with Crippen molar-refractivity contribution in [3.8, 4) is 0 Å². The summed E-state index contributed by atoms with van der Waals surface area (Å²) in [4.78, 5) is 0. The highest BCUT2D eigenvalue weighted by molar-refractivity contribution is 5.88. The fourth-order valence-electron chi connectivity index (χ4n) is 0.129. The molecule has 0 fully saturated rings. The second-order valence-electron chi connectivity index (χ2n) is 2.21. The zero-order valence-corrected chi connectivity index (χ0v) is 5.05. The third kappa shape index (κ3) is 1.79. The third-order valence-electron chi connectivity index (χ3n) is 0.768. The lowest BCUT2D eigenvalue weighted by Crippen LogP contribution is -2.46. The van der Waals surface area contributed by atoms with Gasteiger partial charge in [0.1, 0.15) is 0 Å². The van der Waals surface area contributed by atoms with Crippen molar-refractivity contribution in [2.45, 2.75) is 19.4 Å². The molecule has 0 spiro atoms. The SMILES string of the molecule is CC(C)(N)/C(N)=N/O. The average Bonchev–Trinajstić information content (AvgIpc) is 1.62. The summed E-state index contributed by atoms with van der Waals surface area (Å²) in [6.45, 7) is 3.31. The molecule has 0 aliphatic rings. The fraction of sp³-hybridized carbons (Fsp3) is 0.750. The smallest absolute Gasteiger partial charge is 0.158 e. The van der Waals surface area contributed by atoms with Crippen LogP contribution in [0.3, 0.4) is 0 Å². The van der Waals surface area contributed by atoms with Gasteiger partial charge in [0, 0.05) is 0 Å². The van der Waals surface area contributed by atoms with Gasteiger partial charge in [0.05, 0.1) is 5.54 Å². The van der Waals surface area contributed by atoms with E-state index in [1.165, 1.54) is 0 Å². The van der Waals surface area contributed by atoms with Gasteiger partial charge >= 0.3 is 0 Å². The second kappa shape index (κ2) is 2.00. The maximum absolute atomic E-state index is 8.05. The van der Waals surface area contributed by atoms with Gasteiger partial charge in [0.25, 0.3) is 0 Å². The lowest BCUT2D eigenvalue weighted by molar-refractivity contribution is 0.313. The van der Waals surface area contributed by atoms with Crippen LogP contribution in [0.25, 0.3) is 0 Å². The first kappa shape index (κ1) is 7.23. The summed E-state index contributed by atoms with van der Waals surface area (Å²) in [6, 6.07) is 0. The lowest BCUT2D eigenvalue weighted by Gasteiger charge is -2.14. The Kier molecular flexibility index (Phi) is 1.81. The van der Waals surface area contributed by atoms with Gasteiger partial charge in [-0.25, -0.2) is 0 Å². The minimum absolute atomic E-state index is 0.0394. The van der Waals surface area contributed by atoms with E-state index in [1.54, 1.807) is 13.8 Å². The highest BCUT2D eigenvalue weighted by Gasteiger charge is 2.15. The predicted molar refractivity (Wildman–Crippen MR) is 31.7 cm³/mol. The van der Waals surface area contributed by atoms with Crippen LogP contribution < -0.4 is 11.5 Å². The standard InChI is InChI=1S/C4H11N3O/c1-4(2,6)3(5)7-8/h8H,6H2,1-2H3,(H2,5,7). The van der Waals surface area contributed by atoms with Gasteiger partial charge in [-0.3, -0.25) is 0 Å². The van der Waals surface area contributed by atoms with Crippen molar-refractivity contribution < 1.29 is 5.21 Å². The van der Waals surface area contributed by atoms with Crippen molar-refractivity contribution in [3.63, 3.8) is 0 Å². The Hall–Kier alpha value is -0.770. The van der Waals surface area contributed by atoms with Crippen LogP contribution in [0.2, 0.25) is 0 Å². The summed E-state index contributed by atoms with van der Waals surface area (Å²) in [5.41, 5.74) is 9.79. The van der Waals surface area contributed by atoms with E-state index in [2.05, 4.69) is 5.16 Å². The van der Waals surface area contributed by atoms with E-state index in [0.29, 0.717) is 0 Å². The predicted octanol–water partition coefficient (Wildman–Crippen LogP) is -0.530. The zero-order chi connectivity index (χ0) is 6.78. The molecule has 4 heteroatoms. The van der Waals surface area contributed by atoms with Gasteiger partial charge in [-0.05, 0) is 13.8 Å². The number of oxime groups is 1. The third-order valence-corrected chi connectivity index (χ3v) is 0.768. The van der Waals surface area contributed by atoms with Crippen molar-refractivity contribution in [2.24, 2.45) is 16.6 Å². The maximum Gasteiger partial charge on any atom is 0.158 e. The van der Waals surface area contributed by atoms with Crippen molar-refractivity contribution in [2.75, 3.05) is 0 Å². The molecule has 0 aromatic carbocycles. The average molecular weight is 117 g/mol. The lowest BCUT2D eigenvalue weighted by atomic mass is 10.1. The van der Waals surface area contributed by atoms with E-state index in [-0.39, 0.29) is 5.84 Å². The van der Waals surface area contributed by atoms with Crippen molar-refractivity contribution >= 4 is 5.84 Å². The zero-order valence-electron chi connectivity index (χ0n) is 5.05. The Labute approximate surface area is 48.2 Å². The number of nitrogens with zero attached hydrogens (tertiary/aromatic N) is 1. The first-order chi connectivity index (χ1) is 3.48. The summed E-state index contributed by atoms with van der Waals surface area (Å²) in [6.07, 6.45) is 0. The summed E-state index contributed by atoms with van der Waals surface area (Å²) < 4.78 is 0. The van der Waals surface area contributed by atoms with Gasteiger partial charge in [0.15, 0.2) is 5.84 Å². The molecular weight excluding hydrogens is 106 g/mol. The molecule has 0 bridgehead atoms. The van der Waals surface area contributed by atoms with E-state index in [9.17, 15) is 0 Å². The molecule has 0 saturated heterocycles. The van der Waals surface area contributed by atoms with E-state index >= 15 is 0 Å². The molecule has 0 aliphatic heterocycles. The van der Waals surface area contributed by atoms with Gasteiger partial charge in [-0.2, -0.15) is 0 Å². The van der Waals surface area contributed by atoms with Crippen LogP contribution in [-0.4, -0.2) is 16.6 Å². The molecule has 0 atom stereocenters. The molecule has 0 heterocycles. The molecular formula is C4H11N3O. The molecule has 5 N–H and O–H groups in total. The van der Waals surface area contributed by atoms with E-state index in [1.807, 2.05) is 0 Å². The summed E-state index contributed by atoms with van der Waals surface area (Å²) >= 11 is 0. The Morgan fingerprint density at radius 3 is 2.00 bits per heavy atom. The van der Waals surface area contributed by atoms with Crippen LogP contribution >= 0.6 is 0 Å². The van der Waals surface area contributed by atoms with Crippen LogP contribution in [-0.2, 0) is 0 Å². The van der Waals surface area contributed by atoms with Crippen molar-refractivity contribution in [3.05, 3.63) is 0 Å². The fourth-order valence-corrected chi connectivity index (χ4v) is 0.129. The summed E-state index contributed by atoms with van der Waals surface area (Å²) in [7, 11) is 0. The van der Waals surface area contributed by atoms with Crippen LogP contribution in [0.15, 0.2) is 5.16 Å². The Morgan fingerprint density at radius 1 is 1.62 bits per heavy atom. The van der Waals surface area contributed by atoms with Crippen LogP contribution in [0.4, 0.5) is 0 Å². The summed E-state index contributed by atoms with van der Waals surface area (Å²) in [5, 5.41) is 10.8. The van der Waals surface area contributed by atoms with E-state index in [0.717, 1.165) is 0 Å². The number of amidine groups is 1. The molecule has 4 nitrogen and oxygen atoms in total. The monoisotopic (exact) mass is 117 g/mol. The van der Waals surface area contributed by atoms with Crippen molar-refractivity contribution in [1.82, 2.24) is 0 Å². The Morgan fingerprint density at radius 2 is 2.00 bits per heavy atom. The van der Waals surface area contributed by atoms with E-state index in [4.69, 9.17) is 16.7 Å². The number of hydrogen-bond acceptors (Lipinski definition) is 3. The van der Waals surface area contributed by atoms with Gasteiger partial charge < -0.3 is 16.7 Å². The molecule has 0 rings (SSSR count). The van der Waals surface area contributed by atoms with Gasteiger partial charge in [-0.15, -0.1) is 0 Å². The highest BCUT2D eigenvalue weighted by Crippen LogP contribution is 1.93. The minimum atomic E-state index is -0.714. The first-order valence-corrected chi connectivity index (χ1v) is 2.25. The normalized spacial score (nSPS) is 14.1. The molecule has 0 unspecified atom stereocenters. The topological polar surface area (TPSA) is 84.6 Å². The quantitative estimate of drug-likeness (QED) is 0.187. The van der Waals surface area contributed by atoms with Crippen LogP contribution in [0, 0.1) is 0 Å². The number of rotatable bonds is 1. The van der Waals surface area contributed by atoms with Crippen molar-refractivity contribution in [1.29, 1.82) is 0 Å². The maximum atomic E-state index is 8.05. The van der Waals surface area contributed by atoms with Gasteiger partial charge in [-0.1, -0.05) is 5.16 Å². The molecule has 0 aliphatic carbocycles. The molecule has 0 radical (unpaired) electrons. The molecule has 0 amide bonds. The molecule has 8 heavy (non-hydrogen) atoms. The second-order valence-corrected chi connectivity index (χ2v) is 2.21. The summed E-state index contributed by atoms with van der Waals surface area (Å²) in [5.74, 6) is 0.0394. The molecule has 0 aromatic heterocycles. The first-order valence-electron chi connectivity index (χ1n) is 2.25. The molecule has 48 valence electrons.